The Bertz CT molecular complexity index is 485. The zero-order chi connectivity index (χ0) is 10.3. The second-order valence-electron chi connectivity index (χ2n) is 4.51. The summed E-state index contributed by atoms with van der Waals surface area (Å²) in [6, 6.07) is 6.00. The molecule has 2 aromatic rings. The molecule has 0 spiro atoms. The summed E-state index contributed by atoms with van der Waals surface area (Å²) in [6.07, 6.45) is 7.18. The van der Waals surface area contributed by atoms with Crippen molar-refractivity contribution < 1.29 is 5.11 Å². The van der Waals surface area contributed by atoms with Crippen molar-refractivity contribution in [2.75, 3.05) is 6.61 Å². The number of aliphatic hydroxyl groups is 1. The van der Waals surface area contributed by atoms with E-state index in [4.69, 9.17) is 0 Å². The number of rotatable bonds is 3. The standard InChI is InChI=1S/C12H14N2O/c15-9-12(4-5-12)7-10-8-13-11-3-1-2-6-14(10)11/h1-3,6,8,15H,4-5,7,9H2. The van der Waals surface area contributed by atoms with Crippen LogP contribution >= 0.6 is 0 Å². The molecule has 0 atom stereocenters. The quantitative estimate of drug-likeness (QED) is 0.821. The van der Waals surface area contributed by atoms with E-state index in [9.17, 15) is 5.11 Å². The van der Waals surface area contributed by atoms with Gasteiger partial charge in [0.15, 0.2) is 0 Å². The van der Waals surface area contributed by atoms with E-state index in [1.807, 2.05) is 30.6 Å². The molecular formula is C12H14N2O. The SMILES string of the molecule is OCC1(Cc2cnc3ccccn23)CC1. The Morgan fingerprint density at radius 1 is 1.40 bits per heavy atom. The lowest BCUT2D eigenvalue weighted by atomic mass is 10.0. The van der Waals surface area contributed by atoms with E-state index in [-0.39, 0.29) is 5.41 Å². The van der Waals surface area contributed by atoms with Crippen LogP contribution in [0.5, 0.6) is 0 Å². The lowest BCUT2D eigenvalue weighted by molar-refractivity contribution is 0.210. The number of nitrogens with zero attached hydrogens (tertiary/aromatic N) is 2. The van der Waals surface area contributed by atoms with Crippen molar-refractivity contribution in [3.8, 4) is 0 Å². The molecule has 78 valence electrons. The Labute approximate surface area is 88.4 Å². The van der Waals surface area contributed by atoms with E-state index >= 15 is 0 Å². The predicted octanol–water partition coefficient (Wildman–Crippen LogP) is 1.65. The summed E-state index contributed by atoms with van der Waals surface area (Å²) in [4.78, 5) is 4.35. The van der Waals surface area contributed by atoms with Gasteiger partial charge in [0.2, 0.25) is 0 Å². The van der Waals surface area contributed by atoms with Gasteiger partial charge in [-0.2, -0.15) is 0 Å². The number of hydrogen-bond acceptors (Lipinski definition) is 2. The second-order valence-corrected chi connectivity index (χ2v) is 4.51. The average molecular weight is 202 g/mol. The molecule has 2 aromatic heterocycles. The number of hydrogen-bond donors (Lipinski definition) is 1. The molecule has 0 aliphatic heterocycles. The van der Waals surface area contributed by atoms with Crippen molar-refractivity contribution >= 4 is 5.65 Å². The van der Waals surface area contributed by atoms with E-state index in [1.165, 1.54) is 5.69 Å². The molecule has 0 amide bonds. The van der Waals surface area contributed by atoms with E-state index < -0.39 is 0 Å². The van der Waals surface area contributed by atoms with Gasteiger partial charge in [-0.3, -0.25) is 0 Å². The van der Waals surface area contributed by atoms with Gasteiger partial charge in [0.25, 0.3) is 0 Å². The van der Waals surface area contributed by atoms with Gasteiger partial charge in [-0.1, -0.05) is 6.07 Å². The molecule has 1 aliphatic carbocycles. The van der Waals surface area contributed by atoms with E-state index in [0.717, 1.165) is 24.9 Å². The van der Waals surface area contributed by atoms with Gasteiger partial charge >= 0.3 is 0 Å². The van der Waals surface area contributed by atoms with Crippen LogP contribution in [0.3, 0.4) is 0 Å². The smallest absolute Gasteiger partial charge is 0.136 e. The van der Waals surface area contributed by atoms with Gasteiger partial charge in [-0.15, -0.1) is 0 Å². The Balaban J connectivity index is 1.98. The van der Waals surface area contributed by atoms with Gasteiger partial charge < -0.3 is 9.51 Å². The molecule has 0 radical (unpaired) electrons. The monoisotopic (exact) mass is 202 g/mol. The zero-order valence-electron chi connectivity index (χ0n) is 8.56. The second kappa shape index (κ2) is 3.07. The van der Waals surface area contributed by atoms with Crippen molar-refractivity contribution in [3.05, 3.63) is 36.3 Å². The highest BCUT2D eigenvalue weighted by atomic mass is 16.3. The minimum Gasteiger partial charge on any atom is -0.396 e. The molecule has 1 N–H and O–H groups in total. The van der Waals surface area contributed by atoms with Crippen LogP contribution in [0.4, 0.5) is 0 Å². The summed E-state index contributed by atoms with van der Waals surface area (Å²) in [5.41, 5.74) is 2.35. The maximum absolute atomic E-state index is 9.30. The summed E-state index contributed by atoms with van der Waals surface area (Å²) < 4.78 is 2.11. The Morgan fingerprint density at radius 3 is 3.00 bits per heavy atom. The van der Waals surface area contributed by atoms with E-state index in [2.05, 4.69) is 9.38 Å². The fourth-order valence-corrected chi connectivity index (χ4v) is 2.07. The number of imidazole rings is 1. The fourth-order valence-electron chi connectivity index (χ4n) is 2.07. The van der Waals surface area contributed by atoms with Gasteiger partial charge in [-0.05, 0) is 36.8 Å². The number of fused-ring (bicyclic) bond motifs is 1. The van der Waals surface area contributed by atoms with Crippen LogP contribution < -0.4 is 0 Å². The highest BCUT2D eigenvalue weighted by molar-refractivity contribution is 5.40. The normalized spacial score (nSPS) is 18.2. The zero-order valence-corrected chi connectivity index (χ0v) is 8.56. The largest absolute Gasteiger partial charge is 0.396 e. The highest BCUT2D eigenvalue weighted by Crippen LogP contribution is 2.47. The molecule has 2 heterocycles. The average Bonchev–Trinajstić information content (AvgIpc) is 2.95. The molecule has 1 fully saturated rings. The first-order valence-corrected chi connectivity index (χ1v) is 5.35. The number of pyridine rings is 1. The number of aliphatic hydroxyl groups excluding tert-OH is 1. The van der Waals surface area contributed by atoms with Gasteiger partial charge in [0, 0.05) is 24.7 Å². The van der Waals surface area contributed by atoms with Crippen molar-refractivity contribution in [1.29, 1.82) is 0 Å². The molecule has 0 saturated heterocycles. The summed E-state index contributed by atoms with van der Waals surface area (Å²) in [5, 5.41) is 9.30. The molecular weight excluding hydrogens is 188 g/mol. The lowest BCUT2D eigenvalue weighted by Crippen LogP contribution is -2.11. The van der Waals surface area contributed by atoms with Crippen LogP contribution in [0.15, 0.2) is 30.6 Å². The lowest BCUT2D eigenvalue weighted by Gasteiger charge is -2.10. The molecule has 0 unspecified atom stereocenters. The number of aromatic nitrogens is 2. The molecule has 1 aliphatic rings. The predicted molar refractivity (Wildman–Crippen MR) is 57.6 cm³/mol. The molecule has 0 bridgehead atoms. The Hall–Kier alpha value is -1.35. The molecule has 3 heteroatoms. The topological polar surface area (TPSA) is 37.5 Å². The third-order valence-corrected chi connectivity index (χ3v) is 3.34. The third kappa shape index (κ3) is 1.43. The summed E-state index contributed by atoms with van der Waals surface area (Å²) in [7, 11) is 0. The van der Waals surface area contributed by atoms with Crippen LogP contribution in [-0.4, -0.2) is 21.1 Å². The van der Waals surface area contributed by atoms with Crippen molar-refractivity contribution in [1.82, 2.24) is 9.38 Å². The summed E-state index contributed by atoms with van der Waals surface area (Å²) >= 11 is 0. The van der Waals surface area contributed by atoms with E-state index in [1.54, 1.807) is 0 Å². The van der Waals surface area contributed by atoms with Crippen LogP contribution in [-0.2, 0) is 6.42 Å². The fraction of sp³-hybridized carbons (Fsp3) is 0.417. The first-order chi connectivity index (χ1) is 7.33. The van der Waals surface area contributed by atoms with Crippen molar-refractivity contribution in [2.45, 2.75) is 19.3 Å². The maximum atomic E-state index is 9.30. The minimum atomic E-state index is 0.159. The molecule has 3 nitrogen and oxygen atoms in total. The van der Waals surface area contributed by atoms with Crippen molar-refractivity contribution in [2.24, 2.45) is 5.41 Å². The highest BCUT2D eigenvalue weighted by Gasteiger charge is 2.42. The van der Waals surface area contributed by atoms with Crippen LogP contribution in [0.25, 0.3) is 5.65 Å². The first-order valence-electron chi connectivity index (χ1n) is 5.35. The van der Waals surface area contributed by atoms with Crippen LogP contribution in [0, 0.1) is 5.41 Å². The van der Waals surface area contributed by atoms with Gasteiger partial charge in [0.1, 0.15) is 5.65 Å². The molecule has 3 rings (SSSR count). The Morgan fingerprint density at radius 2 is 2.27 bits per heavy atom. The van der Waals surface area contributed by atoms with Gasteiger partial charge in [0.05, 0.1) is 0 Å². The maximum Gasteiger partial charge on any atom is 0.136 e. The molecule has 15 heavy (non-hydrogen) atoms. The summed E-state index contributed by atoms with van der Waals surface area (Å²) in [6.45, 7) is 0.299. The van der Waals surface area contributed by atoms with Crippen LogP contribution in [0.2, 0.25) is 0 Å². The molecule has 1 saturated carbocycles. The van der Waals surface area contributed by atoms with E-state index in [0.29, 0.717) is 6.61 Å². The van der Waals surface area contributed by atoms with Crippen LogP contribution in [0.1, 0.15) is 18.5 Å². The van der Waals surface area contributed by atoms with Gasteiger partial charge in [-0.25, -0.2) is 4.98 Å². The molecule has 0 aromatic carbocycles. The van der Waals surface area contributed by atoms with Crippen molar-refractivity contribution in [3.63, 3.8) is 0 Å². The third-order valence-electron chi connectivity index (χ3n) is 3.34. The minimum absolute atomic E-state index is 0.159. The summed E-state index contributed by atoms with van der Waals surface area (Å²) in [5.74, 6) is 0. The Kier molecular flexibility index (Phi) is 1.83. The first kappa shape index (κ1) is 8.92.